The van der Waals surface area contributed by atoms with Crippen molar-refractivity contribution in [3.05, 3.63) is 101 Å². The van der Waals surface area contributed by atoms with Crippen LogP contribution in [0.5, 0.6) is 5.75 Å². The zero-order valence-corrected chi connectivity index (χ0v) is 20.5. The second-order valence-corrected chi connectivity index (χ2v) is 8.97. The fourth-order valence-electron chi connectivity index (χ4n) is 4.12. The summed E-state index contributed by atoms with van der Waals surface area (Å²) in [4.78, 5) is 28.5. The summed E-state index contributed by atoms with van der Waals surface area (Å²) < 4.78 is 24.9. The van der Waals surface area contributed by atoms with E-state index in [0.717, 1.165) is 12.8 Å². The molecule has 0 saturated carbocycles. The minimum Gasteiger partial charge on any atom is -0.482 e. The molecule has 6 nitrogen and oxygen atoms in total. The molecule has 0 aliphatic carbocycles. The summed E-state index contributed by atoms with van der Waals surface area (Å²) in [6.45, 7) is 0.791. The molecule has 1 fully saturated rings. The fourth-order valence-corrected chi connectivity index (χ4v) is 4.31. The van der Waals surface area contributed by atoms with E-state index < -0.39 is 11.9 Å². The van der Waals surface area contributed by atoms with Crippen molar-refractivity contribution in [1.29, 1.82) is 0 Å². The van der Waals surface area contributed by atoms with Crippen LogP contribution in [0.25, 0.3) is 0 Å². The zero-order chi connectivity index (χ0) is 25.3. The van der Waals surface area contributed by atoms with E-state index in [2.05, 4.69) is 5.32 Å². The van der Waals surface area contributed by atoms with Gasteiger partial charge >= 0.3 is 0 Å². The van der Waals surface area contributed by atoms with Crippen LogP contribution < -0.4 is 10.1 Å². The predicted octanol–water partition coefficient (Wildman–Crippen LogP) is 4.92. The molecule has 4 rings (SSSR count). The maximum Gasteiger partial charge on any atom is 0.261 e. The van der Waals surface area contributed by atoms with Gasteiger partial charge in [-0.1, -0.05) is 66.2 Å². The number of amides is 2. The summed E-state index contributed by atoms with van der Waals surface area (Å²) in [6, 6.07) is 20.9. The van der Waals surface area contributed by atoms with Crippen LogP contribution in [-0.4, -0.2) is 42.6 Å². The Hall–Kier alpha value is -3.42. The van der Waals surface area contributed by atoms with Crippen LogP contribution in [0.15, 0.2) is 78.9 Å². The third kappa shape index (κ3) is 6.83. The van der Waals surface area contributed by atoms with Crippen molar-refractivity contribution in [2.75, 3.05) is 19.8 Å². The monoisotopic (exact) mass is 510 g/mol. The molecule has 0 spiro atoms. The van der Waals surface area contributed by atoms with Gasteiger partial charge in [0.1, 0.15) is 17.6 Å². The van der Waals surface area contributed by atoms with Gasteiger partial charge in [-0.2, -0.15) is 0 Å². The Morgan fingerprint density at radius 3 is 2.47 bits per heavy atom. The molecule has 0 aromatic heterocycles. The van der Waals surface area contributed by atoms with E-state index in [4.69, 9.17) is 21.1 Å². The Bertz CT molecular complexity index is 1150. The normalized spacial score (nSPS) is 15.8. The maximum absolute atomic E-state index is 13.6. The molecule has 1 aliphatic rings. The zero-order valence-electron chi connectivity index (χ0n) is 19.7. The van der Waals surface area contributed by atoms with Gasteiger partial charge in [0.05, 0.1) is 11.1 Å². The third-order valence-corrected chi connectivity index (χ3v) is 6.29. The summed E-state index contributed by atoms with van der Waals surface area (Å²) >= 11 is 6.18. The van der Waals surface area contributed by atoms with Crippen molar-refractivity contribution in [1.82, 2.24) is 10.2 Å². The van der Waals surface area contributed by atoms with Crippen LogP contribution in [0.3, 0.4) is 0 Å². The average molecular weight is 511 g/mol. The van der Waals surface area contributed by atoms with Crippen molar-refractivity contribution in [2.24, 2.45) is 0 Å². The highest BCUT2D eigenvalue weighted by Crippen LogP contribution is 2.26. The number of rotatable bonds is 10. The number of benzene rings is 3. The number of nitrogens with zero attached hydrogens (tertiary/aromatic N) is 1. The molecular formula is C28H28ClFN2O4. The van der Waals surface area contributed by atoms with E-state index in [1.54, 1.807) is 48.5 Å². The molecule has 2 amide bonds. The highest BCUT2D eigenvalue weighted by Gasteiger charge is 2.32. The number of nitrogens with one attached hydrogen (secondary N) is 1. The Kier molecular flexibility index (Phi) is 8.92. The van der Waals surface area contributed by atoms with E-state index in [-0.39, 0.29) is 31.0 Å². The number of para-hydroxylation sites is 1. The Morgan fingerprint density at radius 2 is 1.78 bits per heavy atom. The van der Waals surface area contributed by atoms with E-state index in [1.165, 1.54) is 17.0 Å². The molecule has 1 heterocycles. The lowest BCUT2D eigenvalue weighted by atomic mass is 10.0. The first-order chi connectivity index (χ1) is 17.5. The molecule has 0 unspecified atom stereocenters. The molecule has 3 aromatic carbocycles. The quantitative estimate of drug-likeness (QED) is 0.420. The number of hydrogen-bond donors (Lipinski definition) is 1. The minimum atomic E-state index is -0.931. The number of halogens is 2. The third-order valence-electron chi connectivity index (χ3n) is 5.98. The molecule has 36 heavy (non-hydrogen) atoms. The smallest absolute Gasteiger partial charge is 0.261 e. The van der Waals surface area contributed by atoms with Gasteiger partial charge in [0.2, 0.25) is 5.91 Å². The van der Waals surface area contributed by atoms with Crippen LogP contribution in [0, 0.1) is 5.82 Å². The molecule has 0 bridgehead atoms. The van der Waals surface area contributed by atoms with Crippen LogP contribution in [0.2, 0.25) is 5.02 Å². The van der Waals surface area contributed by atoms with Crippen LogP contribution in [0.4, 0.5) is 4.39 Å². The van der Waals surface area contributed by atoms with Crippen molar-refractivity contribution >= 4 is 23.4 Å². The van der Waals surface area contributed by atoms with E-state index in [0.29, 0.717) is 35.1 Å². The van der Waals surface area contributed by atoms with Crippen molar-refractivity contribution in [3.63, 3.8) is 0 Å². The molecule has 1 aliphatic heterocycles. The van der Waals surface area contributed by atoms with Crippen molar-refractivity contribution < 1.29 is 23.5 Å². The van der Waals surface area contributed by atoms with Gasteiger partial charge in [0.25, 0.3) is 5.91 Å². The number of hydrogen-bond acceptors (Lipinski definition) is 4. The molecule has 1 saturated heterocycles. The molecule has 0 radical (unpaired) electrons. The number of carbonyl (C=O) groups is 2. The van der Waals surface area contributed by atoms with Crippen LogP contribution in [0.1, 0.15) is 30.0 Å². The fraction of sp³-hybridized carbons (Fsp3) is 0.286. The highest BCUT2D eigenvalue weighted by molar-refractivity contribution is 6.32. The first kappa shape index (κ1) is 25.7. The summed E-state index contributed by atoms with van der Waals surface area (Å²) in [7, 11) is 0. The SMILES string of the molecule is O=C(NC[C@H]1CCCO1)[C@H](c1ccccc1)N(Cc1ccc(F)cc1)C(=O)COc1ccccc1Cl. The standard InChI is InChI=1S/C28H28ClFN2O4/c29-24-10-4-5-11-25(24)36-19-26(33)32(18-20-12-14-22(30)15-13-20)27(21-7-2-1-3-8-21)28(34)31-17-23-9-6-16-35-23/h1-5,7-8,10-15,23,27H,6,9,16-19H2,(H,31,34)/t23-,27+/m1/s1. The van der Waals surface area contributed by atoms with E-state index in [9.17, 15) is 14.0 Å². The lowest BCUT2D eigenvalue weighted by Gasteiger charge is -2.32. The topological polar surface area (TPSA) is 67.9 Å². The highest BCUT2D eigenvalue weighted by atomic mass is 35.5. The van der Waals surface area contributed by atoms with Gasteiger partial charge in [-0.05, 0) is 48.2 Å². The number of carbonyl (C=O) groups excluding carboxylic acids is 2. The summed E-state index contributed by atoms with van der Waals surface area (Å²) in [5, 5.41) is 3.34. The maximum atomic E-state index is 13.6. The first-order valence-corrected chi connectivity index (χ1v) is 12.2. The van der Waals surface area contributed by atoms with Crippen molar-refractivity contribution in [2.45, 2.75) is 31.5 Å². The molecule has 2 atom stereocenters. The second kappa shape index (κ2) is 12.5. The largest absolute Gasteiger partial charge is 0.482 e. The Morgan fingerprint density at radius 1 is 1.06 bits per heavy atom. The molecule has 8 heteroatoms. The molecular weight excluding hydrogens is 483 g/mol. The summed E-state index contributed by atoms with van der Waals surface area (Å²) in [5.41, 5.74) is 1.32. The van der Waals surface area contributed by atoms with Gasteiger partial charge in [-0.3, -0.25) is 9.59 Å². The summed E-state index contributed by atoms with van der Waals surface area (Å²) in [5.74, 6) is -0.758. The van der Waals surface area contributed by atoms with Gasteiger partial charge in [-0.25, -0.2) is 4.39 Å². The number of ether oxygens (including phenoxy) is 2. The Labute approximate surface area is 215 Å². The van der Waals surface area contributed by atoms with Gasteiger partial charge in [-0.15, -0.1) is 0 Å². The van der Waals surface area contributed by atoms with Crippen LogP contribution in [-0.2, 0) is 20.9 Å². The Balaban J connectivity index is 1.61. The van der Waals surface area contributed by atoms with Crippen LogP contribution >= 0.6 is 11.6 Å². The van der Waals surface area contributed by atoms with Gasteiger partial charge in [0, 0.05) is 19.7 Å². The second-order valence-electron chi connectivity index (χ2n) is 8.56. The predicted molar refractivity (Wildman–Crippen MR) is 135 cm³/mol. The van der Waals surface area contributed by atoms with Crippen molar-refractivity contribution in [3.8, 4) is 5.75 Å². The minimum absolute atomic E-state index is 0.0461. The van der Waals surface area contributed by atoms with E-state index >= 15 is 0 Å². The first-order valence-electron chi connectivity index (χ1n) is 11.9. The summed E-state index contributed by atoms with van der Waals surface area (Å²) in [6.07, 6.45) is 1.78. The van der Waals surface area contributed by atoms with E-state index in [1.807, 2.05) is 18.2 Å². The lowest BCUT2D eigenvalue weighted by molar-refractivity contribution is -0.143. The lowest BCUT2D eigenvalue weighted by Crippen LogP contribution is -2.46. The van der Waals surface area contributed by atoms with Gasteiger partial charge in [0.15, 0.2) is 6.61 Å². The van der Waals surface area contributed by atoms with Gasteiger partial charge < -0.3 is 19.7 Å². The average Bonchev–Trinajstić information content (AvgIpc) is 3.42. The molecule has 3 aromatic rings. The molecule has 1 N–H and O–H groups in total. The molecule has 188 valence electrons.